The molecular formula is C54H68N6O7S. The second-order valence-electron chi connectivity index (χ2n) is 20.5. The molecule has 3 amide bonds. The van der Waals surface area contributed by atoms with Crippen LogP contribution in [-0.2, 0) is 25.7 Å². The van der Waals surface area contributed by atoms with Gasteiger partial charge in [0.1, 0.15) is 23.7 Å². The summed E-state index contributed by atoms with van der Waals surface area (Å²) in [5.74, 6) is 0.0247. The summed E-state index contributed by atoms with van der Waals surface area (Å²) in [6.45, 7) is 14.3. The van der Waals surface area contributed by atoms with Crippen molar-refractivity contribution in [2.75, 3.05) is 13.2 Å². The minimum absolute atomic E-state index is 0.0570. The van der Waals surface area contributed by atoms with Crippen molar-refractivity contribution in [2.24, 2.45) is 5.41 Å². The second-order valence-corrected chi connectivity index (χ2v) is 21.4. The van der Waals surface area contributed by atoms with Crippen molar-refractivity contribution in [1.29, 1.82) is 0 Å². The summed E-state index contributed by atoms with van der Waals surface area (Å²) >= 11 is 1.59. The molecule has 1 saturated heterocycles. The van der Waals surface area contributed by atoms with Crippen LogP contribution in [0.1, 0.15) is 145 Å². The summed E-state index contributed by atoms with van der Waals surface area (Å²) in [5, 5.41) is 17.5. The topological polar surface area (TPSA) is 173 Å². The molecule has 0 spiro atoms. The third kappa shape index (κ3) is 13.1. The molecular weight excluding hydrogens is 877 g/mol. The maximum absolute atomic E-state index is 14.1. The number of hydrogen-bond donors (Lipinski definition) is 3. The summed E-state index contributed by atoms with van der Waals surface area (Å²) in [6.07, 6.45) is 8.98. The zero-order chi connectivity index (χ0) is 48.6. The van der Waals surface area contributed by atoms with Crippen LogP contribution in [0.5, 0.6) is 5.75 Å². The molecule has 3 heterocycles. The molecule has 5 aromatic rings. The van der Waals surface area contributed by atoms with Crippen molar-refractivity contribution in [2.45, 2.75) is 155 Å². The Morgan fingerprint density at radius 1 is 0.868 bits per heavy atom. The Labute approximate surface area is 404 Å². The van der Waals surface area contributed by atoms with Gasteiger partial charge in [-0.2, -0.15) is 0 Å². The van der Waals surface area contributed by atoms with Gasteiger partial charge in [0, 0.05) is 49.0 Å². The van der Waals surface area contributed by atoms with Crippen LogP contribution in [0.3, 0.4) is 0 Å². The van der Waals surface area contributed by atoms with Crippen molar-refractivity contribution in [1.82, 2.24) is 30.5 Å². The van der Waals surface area contributed by atoms with E-state index < -0.39 is 29.2 Å². The van der Waals surface area contributed by atoms with Crippen LogP contribution >= 0.6 is 11.3 Å². The Hall–Kier alpha value is -5.73. The number of carbonyl (C=O) groups excluding carboxylic acids is 4. The highest BCUT2D eigenvalue weighted by atomic mass is 32.1. The Balaban J connectivity index is 0.857. The fourth-order valence-corrected chi connectivity index (χ4v) is 10.1. The lowest BCUT2D eigenvalue weighted by Crippen LogP contribution is -2.56. The predicted octanol–water partition coefficient (Wildman–Crippen LogP) is 9.87. The normalized spacial score (nSPS) is 17.0. The van der Waals surface area contributed by atoms with Gasteiger partial charge in [0.2, 0.25) is 17.7 Å². The molecule has 2 fully saturated rings. The van der Waals surface area contributed by atoms with Gasteiger partial charge in [0.05, 0.1) is 45.6 Å². The van der Waals surface area contributed by atoms with Crippen LogP contribution in [0.15, 0.2) is 72.5 Å². The number of ether oxygens (including phenoxy) is 2. The first-order chi connectivity index (χ1) is 32.4. The van der Waals surface area contributed by atoms with Gasteiger partial charge >= 0.3 is 5.97 Å². The standard InChI is InChI=1S/C54H68N6O7S/c1-34-49(68-33-58-34)37-19-17-35(18-20-37)30-55-47(63)28-39-27-40(61)31-60(39)51(64)50(53(2,3)4)59-46(62)16-10-8-9-13-25-66-41-22-24-43-45(29-41)56-32-57-48(43)38-21-23-42(52(65)67-54(5,6)7)44(26-38)36-14-11-12-15-36/h17-24,26,29,32-33,36,39-40,50,61H,8-16,25,27-28,30-31H2,1-7H3,(H,55,63)(H,59,62)/t39-,40+,50?/m0/s1. The molecule has 1 saturated carbocycles. The predicted molar refractivity (Wildman–Crippen MR) is 266 cm³/mol. The minimum Gasteiger partial charge on any atom is -0.494 e. The van der Waals surface area contributed by atoms with Gasteiger partial charge in [-0.1, -0.05) is 76.8 Å². The lowest BCUT2D eigenvalue weighted by atomic mass is 9.85. The molecule has 1 unspecified atom stereocenters. The summed E-state index contributed by atoms with van der Waals surface area (Å²) in [4.78, 5) is 70.0. The van der Waals surface area contributed by atoms with Crippen LogP contribution in [0.4, 0.5) is 0 Å². The molecule has 14 heteroatoms. The van der Waals surface area contributed by atoms with E-state index >= 15 is 0 Å². The minimum atomic E-state index is -0.817. The van der Waals surface area contributed by atoms with Gasteiger partial charge in [0.15, 0.2) is 0 Å². The molecule has 3 atom stereocenters. The van der Waals surface area contributed by atoms with E-state index in [0.29, 0.717) is 43.2 Å². The first-order valence-electron chi connectivity index (χ1n) is 24.2. The average molecular weight is 945 g/mol. The Kier molecular flexibility index (Phi) is 16.3. The van der Waals surface area contributed by atoms with E-state index in [2.05, 4.69) is 31.7 Å². The van der Waals surface area contributed by atoms with Crippen molar-refractivity contribution in [3.63, 3.8) is 0 Å². The third-order valence-corrected chi connectivity index (χ3v) is 13.9. The highest BCUT2D eigenvalue weighted by molar-refractivity contribution is 7.13. The summed E-state index contributed by atoms with van der Waals surface area (Å²) in [5.41, 5.74) is 7.81. The number of fused-ring (bicyclic) bond motifs is 1. The number of benzene rings is 3. The fraction of sp³-hybridized carbons (Fsp3) is 0.500. The highest BCUT2D eigenvalue weighted by Crippen LogP contribution is 2.39. The molecule has 2 aliphatic rings. The van der Waals surface area contributed by atoms with Gasteiger partial charge in [-0.3, -0.25) is 14.4 Å². The van der Waals surface area contributed by atoms with Crippen LogP contribution in [0.25, 0.3) is 32.6 Å². The van der Waals surface area contributed by atoms with Crippen LogP contribution in [-0.4, -0.2) is 85.6 Å². The smallest absolute Gasteiger partial charge is 0.338 e. The third-order valence-electron chi connectivity index (χ3n) is 12.9. The van der Waals surface area contributed by atoms with Crippen LogP contribution < -0.4 is 15.4 Å². The maximum Gasteiger partial charge on any atom is 0.338 e. The van der Waals surface area contributed by atoms with Gasteiger partial charge in [-0.25, -0.2) is 19.7 Å². The number of nitrogens with zero attached hydrogens (tertiary/aromatic N) is 4. The maximum atomic E-state index is 14.1. The number of likely N-dealkylation sites (tertiary alicyclic amines) is 1. The Bertz CT molecular complexity index is 2560. The van der Waals surface area contributed by atoms with E-state index in [4.69, 9.17) is 9.47 Å². The summed E-state index contributed by atoms with van der Waals surface area (Å²) < 4.78 is 11.9. The number of aliphatic hydroxyl groups is 1. The van der Waals surface area contributed by atoms with E-state index in [0.717, 1.165) is 94.4 Å². The Morgan fingerprint density at radius 3 is 2.31 bits per heavy atom. The molecule has 68 heavy (non-hydrogen) atoms. The molecule has 2 aromatic heterocycles. The number of hydrogen-bond acceptors (Lipinski definition) is 11. The molecule has 0 bridgehead atoms. The quantitative estimate of drug-likeness (QED) is 0.0567. The van der Waals surface area contributed by atoms with Crippen molar-refractivity contribution in [3.05, 3.63) is 94.9 Å². The van der Waals surface area contributed by atoms with Gasteiger partial charge < -0.3 is 30.1 Å². The summed E-state index contributed by atoms with van der Waals surface area (Å²) in [7, 11) is 0. The number of thiazole rings is 1. The van der Waals surface area contributed by atoms with Crippen molar-refractivity contribution >= 4 is 45.9 Å². The zero-order valence-electron chi connectivity index (χ0n) is 40.7. The fourth-order valence-electron chi connectivity index (χ4n) is 9.33. The highest BCUT2D eigenvalue weighted by Gasteiger charge is 2.42. The van der Waals surface area contributed by atoms with E-state index in [-0.39, 0.29) is 43.1 Å². The van der Waals surface area contributed by atoms with E-state index in [1.807, 2.05) is 109 Å². The van der Waals surface area contributed by atoms with Gasteiger partial charge in [-0.05, 0) is 112 Å². The molecule has 362 valence electrons. The number of β-amino-alcohol motifs (C(OH)–C–C–N with tert-alkyl or cyclic N) is 1. The number of unbranched alkanes of at least 4 members (excludes halogenated alkanes) is 3. The van der Waals surface area contributed by atoms with Crippen molar-refractivity contribution < 1.29 is 33.8 Å². The molecule has 1 aliphatic heterocycles. The van der Waals surface area contributed by atoms with Crippen LogP contribution in [0.2, 0.25) is 0 Å². The monoisotopic (exact) mass is 944 g/mol. The Morgan fingerprint density at radius 2 is 1.60 bits per heavy atom. The lowest BCUT2D eigenvalue weighted by molar-refractivity contribution is -0.141. The number of esters is 1. The number of rotatable bonds is 18. The number of aliphatic hydroxyl groups excluding tert-OH is 1. The van der Waals surface area contributed by atoms with E-state index in [9.17, 15) is 24.3 Å². The van der Waals surface area contributed by atoms with E-state index in [1.165, 1.54) is 0 Å². The second kappa shape index (κ2) is 22.1. The number of aryl methyl sites for hydroxylation is 1. The van der Waals surface area contributed by atoms with E-state index in [1.54, 1.807) is 22.6 Å². The number of aromatic nitrogens is 3. The molecule has 13 nitrogen and oxygen atoms in total. The van der Waals surface area contributed by atoms with Gasteiger partial charge in [0.25, 0.3) is 0 Å². The zero-order valence-corrected chi connectivity index (χ0v) is 41.5. The molecule has 0 radical (unpaired) electrons. The first kappa shape index (κ1) is 50.2. The first-order valence-corrected chi connectivity index (χ1v) is 25.1. The number of nitrogens with one attached hydrogen (secondary N) is 2. The molecule has 3 aromatic carbocycles. The largest absolute Gasteiger partial charge is 0.494 e. The molecule has 7 rings (SSSR count). The molecule has 1 aliphatic carbocycles. The number of carbonyl (C=O) groups is 4. The molecule has 3 N–H and O–H groups in total. The van der Waals surface area contributed by atoms with Crippen LogP contribution in [0, 0.1) is 12.3 Å². The van der Waals surface area contributed by atoms with Gasteiger partial charge in [-0.15, -0.1) is 11.3 Å². The average Bonchev–Trinajstić information content (AvgIpc) is 4.08. The SMILES string of the molecule is Cc1ncsc1-c1ccc(CNC(=O)C[C@@H]2C[C@@H](O)CN2C(=O)C(NC(=O)CCCCCCOc2ccc3c(-c4ccc(C(=O)OC(C)(C)C)c(C5CCCC5)c4)ncnc3c2)C(C)(C)C)cc1. The van der Waals surface area contributed by atoms with Crippen molar-refractivity contribution in [3.8, 4) is 27.4 Å². The summed E-state index contributed by atoms with van der Waals surface area (Å²) in [6, 6.07) is 18.5. The lowest BCUT2D eigenvalue weighted by Gasteiger charge is -2.35. The number of amides is 3.